The Labute approximate surface area is 187 Å². The second-order valence-electron chi connectivity index (χ2n) is 9.00. The first-order valence-corrected chi connectivity index (χ1v) is 10.4. The topological polar surface area (TPSA) is 164 Å². The largest absolute Gasteiger partial charge is 0.496 e. The van der Waals surface area contributed by atoms with Gasteiger partial charge in [0.2, 0.25) is 0 Å². The number of Topliss-reactive ketones (excluding diaryl/α,β-unsaturated/α-hetero) is 1. The van der Waals surface area contributed by atoms with Gasteiger partial charge in [-0.25, -0.2) is 9.59 Å². The van der Waals surface area contributed by atoms with Gasteiger partial charge >= 0.3 is 11.6 Å². The van der Waals surface area contributed by atoms with Crippen LogP contribution in [-0.4, -0.2) is 68.3 Å². The van der Waals surface area contributed by atoms with Gasteiger partial charge in [0, 0.05) is 24.5 Å². The number of aliphatic hydroxyl groups excluding tert-OH is 1. The van der Waals surface area contributed by atoms with Gasteiger partial charge in [-0.1, -0.05) is 30.3 Å². The lowest BCUT2D eigenvalue weighted by atomic mass is 9.48. The fourth-order valence-corrected chi connectivity index (χ4v) is 5.90. The molecule has 4 bridgehead atoms. The van der Waals surface area contributed by atoms with Crippen molar-refractivity contribution >= 4 is 11.8 Å². The van der Waals surface area contributed by atoms with Crippen LogP contribution in [-0.2, 0) is 9.53 Å². The molecule has 4 aliphatic rings. The highest BCUT2D eigenvalue weighted by Gasteiger charge is 2.79. The van der Waals surface area contributed by atoms with Gasteiger partial charge in [0.15, 0.2) is 11.4 Å². The first-order chi connectivity index (χ1) is 15.5. The third kappa shape index (κ3) is 2.85. The number of esters is 1. The van der Waals surface area contributed by atoms with Crippen LogP contribution in [0.5, 0.6) is 5.75 Å². The predicted octanol–water partition coefficient (Wildman–Crippen LogP) is -0.482. The minimum Gasteiger partial charge on any atom is -0.496 e. The summed E-state index contributed by atoms with van der Waals surface area (Å²) in [6.45, 7) is 0. The van der Waals surface area contributed by atoms with Crippen molar-refractivity contribution in [3.8, 4) is 5.75 Å². The highest BCUT2D eigenvalue weighted by molar-refractivity contribution is 6.03. The zero-order chi connectivity index (χ0) is 23.8. The number of ether oxygens (including phenoxy) is 2. The van der Waals surface area contributed by atoms with Gasteiger partial charge in [0.05, 0.1) is 30.6 Å². The SMILES string of the molecule is COc1cc([C@@H]2[C@]3(O)C[C@H]4OC(=O)[C@](O)(C3)[C@@H](C(=O)c3ccccc3)[C@@]2(O)[C@@H]4O)oc(=O)c1. The maximum Gasteiger partial charge on any atom is 0.339 e. The van der Waals surface area contributed by atoms with E-state index in [1.165, 1.54) is 25.3 Å². The van der Waals surface area contributed by atoms with Crippen LogP contribution >= 0.6 is 0 Å². The fraction of sp³-hybridized carbons (Fsp3) is 0.435. The Kier molecular flexibility index (Phi) is 4.60. The summed E-state index contributed by atoms with van der Waals surface area (Å²) in [5, 5.41) is 46.3. The van der Waals surface area contributed by atoms with Gasteiger partial charge in [-0.3, -0.25) is 4.79 Å². The van der Waals surface area contributed by atoms with E-state index in [-0.39, 0.29) is 23.5 Å². The van der Waals surface area contributed by atoms with Gasteiger partial charge < -0.3 is 34.3 Å². The molecule has 4 N–H and O–H groups in total. The summed E-state index contributed by atoms with van der Waals surface area (Å²) in [6, 6.07) is 9.95. The lowest BCUT2D eigenvalue weighted by molar-refractivity contribution is -0.269. The van der Waals surface area contributed by atoms with Crippen LogP contribution in [0.2, 0.25) is 0 Å². The first kappa shape index (κ1) is 21.8. The van der Waals surface area contributed by atoms with Crippen LogP contribution in [0.1, 0.15) is 34.9 Å². The average molecular weight is 458 g/mol. The van der Waals surface area contributed by atoms with Crippen LogP contribution < -0.4 is 10.4 Å². The van der Waals surface area contributed by atoms with Crippen LogP contribution in [0, 0.1) is 5.92 Å². The molecule has 2 saturated carbocycles. The second-order valence-corrected chi connectivity index (χ2v) is 9.00. The van der Waals surface area contributed by atoms with E-state index in [4.69, 9.17) is 13.9 Å². The number of aliphatic hydroxyl groups is 4. The molecule has 1 aromatic heterocycles. The first-order valence-electron chi connectivity index (χ1n) is 10.4. The lowest BCUT2D eigenvalue weighted by Crippen LogP contribution is -2.76. The number of benzene rings is 1. The number of fused-ring (bicyclic) bond motifs is 1. The van der Waals surface area contributed by atoms with Crippen molar-refractivity contribution in [2.75, 3.05) is 7.11 Å². The van der Waals surface area contributed by atoms with Crippen molar-refractivity contribution in [2.24, 2.45) is 5.92 Å². The Hall–Kier alpha value is -3.05. The van der Waals surface area contributed by atoms with Crippen molar-refractivity contribution < 1.29 is 43.9 Å². The Balaban J connectivity index is 1.78. The fourth-order valence-electron chi connectivity index (χ4n) is 5.90. The molecule has 2 aromatic rings. The summed E-state index contributed by atoms with van der Waals surface area (Å²) in [4.78, 5) is 38.7. The minimum atomic E-state index is -2.64. The van der Waals surface area contributed by atoms with E-state index in [1.807, 2.05) is 0 Å². The average Bonchev–Trinajstić information content (AvgIpc) is 2.87. The van der Waals surface area contributed by atoms with Crippen molar-refractivity contribution in [1.82, 2.24) is 0 Å². The molecule has 6 rings (SSSR count). The summed E-state index contributed by atoms with van der Waals surface area (Å²) in [5.41, 5.74) is -8.12. The van der Waals surface area contributed by atoms with Crippen LogP contribution in [0.25, 0.3) is 0 Å². The Morgan fingerprint density at radius 2 is 1.82 bits per heavy atom. The lowest BCUT2D eigenvalue weighted by Gasteiger charge is -2.60. The molecule has 33 heavy (non-hydrogen) atoms. The molecule has 174 valence electrons. The molecule has 10 heteroatoms. The molecule has 10 nitrogen and oxygen atoms in total. The van der Waals surface area contributed by atoms with Gasteiger partial charge in [-0.15, -0.1) is 0 Å². The third-order valence-corrected chi connectivity index (χ3v) is 7.11. The van der Waals surface area contributed by atoms with Crippen LogP contribution in [0.4, 0.5) is 0 Å². The van der Waals surface area contributed by atoms with E-state index in [0.29, 0.717) is 0 Å². The zero-order valence-electron chi connectivity index (χ0n) is 17.5. The van der Waals surface area contributed by atoms with Crippen molar-refractivity contribution in [1.29, 1.82) is 0 Å². The number of carbonyl (C=O) groups is 2. The molecule has 7 atom stereocenters. The Morgan fingerprint density at radius 1 is 1.12 bits per heavy atom. The normalized spacial score (nSPS) is 39.1. The minimum absolute atomic E-state index is 0.0616. The van der Waals surface area contributed by atoms with Crippen molar-refractivity contribution in [3.63, 3.8) is 0 Å². The van der Waals surface area contributed by atoms with Gasteiger partial charge in [0.1, 0.15) is 29.3 Å². The Bertz CT molecular complexity index is 1190. The van der Waals surface area contributed by atoms with Gasteiger partial charge in [-0.2, -0.15) is 0 Å². The standard InChI is InChI=1S/C23H22O10/c1-31-12-7-13(32-15(24)8-12)17-21(28)9-14-19(26)23(17,30)18(22(29,10-21)20(27)33-14)16(25)11-5-3-2-4-6-11/h2-8,14,17-19,26,28-30H,9-10H2,1H3/t14-,17-,18-,19-,21+,22+,23-/m1/s1. The maximum atomic E-state index is 13.6. The quantitative estimate of drug-likeness (QED) is 0.347. The molecular weight excluding hydrogens is 436 g/mol. The van der Waals surface area contributed by atoms with Crippen molar-refractivity contribution in [3.05, 3.63) is 64.2 Å². The van der Waals surface area contributed by atoms with Crippen LogP contribution in [0.15, 0.2) is 51.7 Å². The molecule has 0 radical (unpaired) electrons. The van der Waals surface area contributed by atoms with E-state index in [9.17, 15) is 34.8 Å². The van der Waals surface area contributed by atoms with Crippen LogP contribution in [0.3, 0.4) is 0 Å². The summed E-state index contributed by atoms with van der Waals surface area (Å²) >= 11 is 0. The third-order valence-electron chi connectivity index (χ3n) is 7.11. The molecule has 0 unspecified atom stereocenters. The van der Waals surface area contributed by atoms with E-state index >= 15 is 0 Å². The van der Waals surface area contributed by atoms with E-state index < -0.39 is 64.6 Å². The smallest absolute Gasteiger partial charge is 0.339 e. The summed E-state index contributed by atoms with van der Waals surface area (Å²) in [5.74, 6) is -5.75. The van der Waals surface area contributed by atoms with Gasteiger partial charge in [-0.05, 0) is 0 Å². The predicted molar refractivity (Wildman–Crippen MR) is 109 cm³/mol. The highest BCUT2D eigenvalue weighted by Crippen LogP contribution is 2.63. The van der Waals surface area contributed by atoms with E-state index in [0.717, 1.165) is 6.07 Å². The number of rotatable bonds is 4. The number of methoxy groups -OCH3 is 1. The molecule has 0 spiro atoms. The molecule has 4 fully saturated rings. The summed E-state index contributed by atoms with van der Waals surface area (Å²) < 4.78 is 15.6. The number of carbonyl (C=O) groups excluding carboxylic acids is 2. The van der Waals surface area contributed by atoms with Crippen molar-refractivity contribution in [2.45, 2.75) is 47.8 Å². The summed E-state index contributed by atoms with van der Waals surface area (Å²) in [7, 11) is 1.30. The molecule has 0 amide bonds. The van der Waals surface area contributed by atoms with Gasteiger partial charge in [0.25, 0.3) is 0 Å². The number of hydrogen-bond donors (Lipinski definition) is 4. The highest BCUT2D eigenvalue weighted by atomic mass is 16.6. The molecular formula is C23H22O10. The van der Waals surface area contributed by atoms with E-state index in [2.05, 4.69) is 0 Å². The maximum absolute atomic E-state index is 13.6. The second kappa shape index (κ2) is 6.97. The molecule has 2 aliphatic heterocycles. The van der Waals surface area contributed by atoms with E-state index in [1.54, 1.807) is 18.2 Å². The molecule has 1 aromatic carbocycles. The summed E-state index contributed by atoms with van der Waals surface area (Å²) in [6.07, 6.45) is -4.32. The monoisotopic (exact) mass is 458 g/mol. The molecule has 3 heterocycles. The number of ketones is 1. The number of hydrogen-bond acceptors (Lipinski definition) is 10. The molecule has 2 saturated heterocycles. The zero-order valence-corrected chi connectivity index (χ0v) is 17.5. The Morgan fingerprint density at radius 3 is 2.48 bits per heavy atom. The molecule has 2 aliphatic carbocycles.